The third kappa shape index (κ3) is 2.59. The maximum absolute atomic E-state index is 11.4. The fourth-order valence-electron chi connectivity index (χ4n) is 1.88. The molecule has 1 aliphatic rings. The standard InChI is InChI=1S/C14H15NO3/c1-18-14-5-3-2-4-10(14)8-15-9-11-12(16)6-7-13(11)17/h2-5,9,16H,6-8H2,1H3. The minimum Gasteiger partial charge on any atom is -0.511 e. The van der Waals surface area contributed by atoms with Gasteiger partial charge in [-0.2, -0.15) is 0 Å². The molecule has 1 aliphatic carbocycles. The quantitative estimate of drug-likeness (QED) is 0.829. The fraction of sp³-hybridized carbons (Fsp3) is 0.286. The number of Topliss-reactive ketones (excluding diaryl/α,β-unsaturated/α-hetero) is 1. The van der Waals surface area contributed by atoms with Gasteiger partial charge in [0.15, 0.2) is 5.78 Å². The largest absolute Gasteiger partial charge is 0.511 e. The van der Waals surface area contributed by atoms with E-state index in [9.17, 15) is 9.90 Å². The van der Waals surface area contributed by atoms with Crippen molar-refractivity contribution >= 4 is 12.0 Å². The second-order valence-corrected chi connectivity index (χ2v) is 4.07. The van der Waals surface area contributed by atoms with Crippen LogP contribution in [0.2, 0.25) is 0 Å². The SMILES string of the molecule is COc1ccccc1CN=CC1=C(O)CCC1=O. The van der Waals surface area contributed by atoms with E-state index in [1.165, 1.54) is 6.21 Å². The van der Waals surface area contributed by atoms with Crippen molar-refractivity contribution in [3.63, 3.8) is 0 Å². The summed E-state index contributed by atoms with van der Waals surface area (Å²) in [4.78, 5) is 15.6. The fourth-order valence-corrected chi connectivity index (χ4v) is 1.88. The number of allylic oxidation sites excluding steroid dienone is 2. The molecular weight excluding hydrogens is 230 g/mol. The normalized spacial score (nSPS) is 15.7. The summed E-state index contributed by atoms with van der Waals surface area (Å²) in [6.45, 7) is 0.425. The van der Waals surface area contributed by atoms with Gasteiger partial charge in [0.2, 0.25) is 0 Å². The van der Waals surface area contributed by atoms with Gasteiger partial charge in [-0.05, 0) is 6.07 Å². The number of aliphatic hydroxyl groups is 1. The second kappa shape index (κ2) is 5.49. The van der Waals surface area contributed by atoms with Crippen LogP contribution < -0.4 is 4.74 Å². The molecule has 0 aliphatic heterocycles. The zero-order valence-corrected chi connectivity index (χ0v) is 10.2. The van der Waals surface area contributed by atoms with Crippen LogP contribution in [0.1, 0.15) is 18.4 Å². The molecule has 0 spiro atoms. The van der Waals surface area contributed by atoms with E-state index in [0.29, 0.717) is 25.0 Å². The maximum atomic E-state index is 11.4. The summed E-state index contributed by atoms with van der Waals surface area (Å²) >= 11 is 0. The molecule has 0 atom stereocenters. The van der Waals surface area contributed by atoms with E-state index in [2.05, 4.69) is 4.99 Å². The first-order chi connectivity index (χ1) is 8.72. The van der Waals surface area contributed by atoms with Gasteiger partial charge < -0.3 is 9.84 Å². The van der Waals surface area contributed by atoms with Gasteiger partial charge in [-0.3, -0.25) is 9.79 Å². The lowest BCUT2D eigenvalue weighted by molar-refractivity contribution is -0.114. The van der Waals surface area contributed by atoms with Crippen molar-refractivity contribution in [2.45, 2.75) is 19.4 Å². The van der Waals surface area contributed by atoms with Crippen LogP contribution in [0.4, 0.5) is 0 Å². The Morgan fingerprint density at radius 1 is 1.39 bits per heavy atom. The van der Waals surface area contributed by atoms with Crippen molar-refractivity contribution in [2.75, 3.05) is 7.11 Å². The molecule has 1 aromatic rings. The smallest absolute Gasteiger partial charge is 0.168 e. The number of ketones is 1. The Hall–Kier alpha value is -2.10. The third-order valence-electron chi connectivity index (χ3n) is 2.87. The molecule has 4 heteroatoms. The highest BCUT2D eigenvalue weighted by molar-refractivity contribution is 6.15. The van der Waals surface area contributed by atoms with E-state index in [4.69, 9.17) is 4.74 Å². The maximum Gasteiger partial charge on any atom is 0.168 e. The van der Waals surface area contributed by atoms with Crippen LogP contribution in [0.5, 0.6) is 5.75 Å². The summed E-state index contributed by atoms with van der Waals surface area (Å²) in [7, 11) is 1.61. The minimum atomic E-state index is -0.0451. The van der Waals surface area contributed by atoms with E-state index in [1.807, 2.05) is 24.3 Å². The number of carbonyl (C=O) groups is 1. The van der Waals surface area contributed by atoms with Crippen molar-refractivity contribution < 1.29 is 14.6 Å². The number of hydrogen-bond acceptors (Lipinski definition) is 4. The zero-order valence-electron chi connectivity index (χ0n) is 10.2. The lowest BCUT2D eigenvalue weighted by Crippen LogP contribution is -1.98. The predicted octanol–water partition coefficient (Wildman–Crippen LogP) is 2.44. The minimum absolute atomic E-state index is 0.0451. The van der Waals surface area contributed by atoms with E-state index in [-0.39, 0.29) is 11.5 Å². The lowest BCUT2D eigenvalue weighted by atomic mass is 10.2. The van der Waals surface area contributed by atoms with Crippen LogP contribution in [0.3, 0.4) is 0 Å². The first-order valence-electron chi connectivity index (χ1n) is 5.79. The molecule has 0 saturated heterocycles. The van der Waals surface area contributed by atoms with E-state index >= 15 is 0 Å². The van der Waals surface area contributed by atoms with Crippen molar-refractivity contribution in [1.29, 1.82) is 0 Å². The predicted molar refractivity (Wildman–Crippen MR) is 69.1 cm³/mol. The van der Waals surface area contributed by atoms with Gasteiger partial charge in [0.25, 0.3) is 0 Å². The highest BCUT2D eigenvalue weighted by atomic mass is 16.5. The monoisotopic (exact) mass is 245 g/mol. The van der Waals surface area contributed by atoms with Gasteiger partial charge in [-0.1, -0.05) is 18.2 Å². The topological polar surface area (TPSA) is 58.9 Å². The molecule has 1 N–H and O–H groups in total. The third-order valence-corrected chi connectivity index (χ3v) is 2.87. The van der Waals surface area contributed by atoms with Crippen LogP contribution >= 0.6 is 0 Å². The van der Waals surface area contributed by atoms with E-state index in [1.54, 1.807) is 7.11 Å². The Morgan fingerprint density at radius 3 is 2.83 bits per heavy atom. The Bertz CT molecular complexity index is 518. The number of hydrogen-bond donors (Lipinski definition) is 1. The molecule has 1 aromatic carbocycles. The summed E-state index contributed by atoms with van der Waals surface area (Å²) < 4.78 is 5.21. The van der Waals surface area contributed by atoms with Gasteiger partial charge in [0.05, 0.1) is 19.2 Å². The molecule has 0 radical (unpaired) electrons. The number of carbonyl (C=O) groups excluding carboxylic acids is 1. The van der Waals surface area contributed by atoms with Crippen LogP contribution in [-0.2, 0) is 11.3 Å². The number of aliphatic hydroxyl groups excluding tert-OH is 1. The highest BCUT2D eigenvalue weighted by Gasteiger charge is 2.20. The van der Waals surface area contributed by atoms with Crippen molar-refractivity contribution in [1.82, 2.24) is 0 Å². The van der Waals surface area contributed by atoms with Gasteiger partial charge in [0.1, 0.15) is 11.5 Å². The second-order valence-electron chi connectivity index (χ2n) is 4.07. The van der Waals surface area contributed by atoms with Crippen molar-refractivity contribution in [3.05, 3.63) is 41.2 Å². The number of methoxy groups -OCH3 is 1. The van der Waals surface area contributed by atoms with Crippen LogP contribution in [0.25, 0.3) is 0 Å². The molecule has 0 heterocycles. The summed E-state index contributed by atoms with van der Waals surface area (Å²) in [5.41, 5.74) is 1.28. The van der Waals surface area contributed by atoms with Gasteiger partial charge in [0, 0.05) is 24.6 Å². The Kier molecular flexibility index (Phi) is 3.77. The van der Waals surface area contributed by atoms with E-state index < -0.39 is 0 Å². The van der Waals surface area contributed by atoms with Gasteiger partial charge in [-0.25, -0.2) is 0 Å². The molecule has 18 heavy (non-hydrogen) atoms. The molecule has 0 amide bonds. The van der Waals surface area contributed by atoms with Gasteiger partial charge >= 0.3 is 0 Å². The molecule has 2 rings (SSSR count). The summed E-state index contributed by atoms with van der Waals surface area (Å²) in [5, 5.41) is 9.50. The summed E-state index contributed by atoms with van der Waals surface area (Å²) in [5.74, 6) is 0.866. The Labute approximate surface area is 106 Å². The Morgan fingerprint density at radius 2 is 2.17 bits per heavy atom. The molecule has 0 unspecified atom stereocenters. The molecule has 0 saturated carbocycles. The highest BCUT2D eigenvalue weighted by Crippen LogP contribution is 2.20. The molecule has 4 nitrogen and oxygen atoms in total. The average molecular weight is 245 g/mol. The number of aliphatic imine (C=N–C) groups is 1. The Balaban J connectivity index is 2.08. The molecule has 0 bridgehead atoms. The number of nitrogens with zero attached hydrogens (tertiary/aromatic N) is 1. The summed E-state index contributed by atoms with van der Waals surface area (Å²) in [6.07, 6.45) is 2.26. The van der Waals surface area contributed by atoms with E-state index in [0.717, 1.165) is 11.3 Å². The number of para-hydroxylation sites is 1. The molecule has 0 aromatic heterocycles. The van der Waals surface area contributed by atoms with Crippen LogP contribution in [-0.4, -0.2) is 24.2 Å². The first-order valence-corrected chi connectivity index (χ1v) is 5.79. The number of ether oxygens (including phenoxy) is 1. The molecule has 0 fully saturated rings. The molecule has 94 valence electrons. The first kappa shape index (κ1) is 12.4. The van der Waals surface area contributed by atoms with Gasteiger partial charge in [-0.15, -0.1) is 0 Å². The lowest BCUT2D eigenvalue weighted by Gasteiger charge is -2.04. The average Bonchev–Trinajstić information content (AvgIpc) is 2.71. The van der Waals surface area contributed by atoms with Crippen molar-refractivity contribution in [2.24, 2.45) is 4.99 Å². The number of benzene rings is 1. The zero-order chi connectivity index (χ0) is 13.0. The van der Waals surface area contributed by atoms with Crippen LogP contribution in [0, 0.1) is 0 Å². The van der Waals surface area contributed by atoms with Crippen LogP contribution in [0.15, 0.2) is 40.6 Å². The summed E-state index contributed by atoms with van der Waals surface area (Å²) in [6, 6.07) is 7.58. The number of rotatable bonds is 4. The van der Waals surface area contributed by atoms with Crippen molar-refractivity contribution in [3.8, 4) is 5.75 Å². The molecular formula is C14H15NO3.